The van der Waals surface area contributed by atoms with Crippen molar-refractivity contribution in [3.05, 3.63) is 35.6 Å². The normalized spacial score (nSPS) is 24.7. The lowest BCUT2D eigenvalue weighted by atomic mass is 10.0. The molecule has 0 fully saturated rings. The molecule has 1 rings (SSSR count). The van der Waals surface area contributed by atoms with Crippen molar-refractivity contribution in [2.24, 2.45) is 0 Å². The summed E-state index contributed by atoms with van der Waals surface area (Å²) in [5, 5.41) is 0.108. The molecule has 0 spiro atoms. The second-order valence-electron chi connectivity index (χ2n) is 4.75. The van der Waals surface area contributed by atoms with Gasteiger partial charge in [0.05, 0.1) is 11.4 Å². The van der Waals surface area contributed by atoms with Crippen molar-refractivity contribution in [1.82, 2.24) is 0 Å². The molecule has 0 amide bonds. The monoisotopic (exact) mass is 266 g/mol. The van der Waals surface area contributed by atoms with Crippen LogP contribution in [0.3, 0.4) is 0 Å². The molecule has 1 heterocycles. The summed E-state index contributed by atoms with van der Waals surface area (Å²) in [5.41, 5.74) is 1.80. The Kier molecular flexibility index (Phi) is 5.27. The lowest BCUT2D eigenvalue weighted by molar-refractivity contribution is -0.107. The van der Waals surface area contributed by atoms with Crippen LogP contribution in [0.4, 0.5) is 0 Å². The molecule has 1 aliphatic heterocycles. The molecular weight excluding hydrogens is 244 g/mol. The van der Waals surface area contributed by atoms with Crippen LogP contribution in [0.2, 0.25) is 0 Å². The molecule has 0 aromatic rings. The zero-order valence-corrected chi connectivity index (χ0v) is 12.5. The van der Waals surface area contributed by atoms with E-state index in [1.165, 1.54) is 11.8 Å². The topological polar surface area (TPSA) is 26.3 Å². The lowest BCUT2D eigenvalue weighted by Crippen LogP contribution is -2.20. The average molecular weight is 266 g/mol. The predicted molar refractivity (Wildman–Crippen MR) is 78.5 cm³/mol. The minimum atomic E-state index is -0.382. The molecule has 3 heteroatoms. The maximum absolute atomic E-state index is 11.9. The fraction of sp³-hybridized carbons (Fsp3) is 0.533. The number of carbonyl (C=O) groups is 1. The molecule has 0 saturated carbocycles. The standard InChI is InChI=1S/C15H22O2S/c1-6-8-9-17-13-12(4)14(16)18-15(13,5)10-11(3)7-2/h7,10H,2,6,8-9H2,1,3-5H3/b11-10+. The molecule has 1 atom stereocenters. The Labute approximate surface area is 114 Å². The van der Waals surface area contributed by atoms with Crippen LogP contribution >= 0.6 is 11.8 Å². The summed E-state index contributed by atoms with van der Waals surface area (Å²) in [7, 11) is 0. The van der Waals surface area contributed by atoms with Gasteiger partial charge in [-0.3, -0.25) is 4.79 Å². The Balaban J connectivity index is 2.98. The summed E-state index contributed by atoms with van der Waals surface area (Å²) in [5.74, 6) is 0.812. The van der Waals surface area contributed by atoms with Gasteiger partial charge in [0, 0.05) is 5.57 Å². The second-order valence-corrected chi connectivity index (χ2v) is 6.17. The van der Waals surface area contributed by atoms with Gasteiger partial charge >= 0.3 is 0 Å². The number of ether oxygens (including phenoxy) is 1. The van der Waals surface area contributed by atoms with Crippen LogP contribution in [0.25, 0.3) is 0 Å². The van der Waals surface area contributed by atoms with Crippen molar-refractivity contribution in [1.29, 1.82) is 0 Å². The summed E-state index contributed by atoms with van der Waals surface area (Å²) in [6.45, 7) is 12.4. The quantitative estimate of drug-likeness (QED) is 0.531. The molecule has 1 aliphatic rings. The summed E-state index contributed by atoms with van der Waals surface area (Å²) in [6, 6.07) is 0. The van der Waals surface area contributed by atoms with Gasteiger partial charge in [0.2, 0.25) is 5.12 Å². The molecule has 0 aromatic heterocycles. The minimum absolute atomic E-state index is 0.108. The molecule has 18 heavy (non-hydrogen) atoms. The van der Waals surface area contributed by atoms with E-state index in [1.54, 1.807) is 6.08 Å². The maximum atomic E-state index is 11.9. The summed E-state index contributed by atoms with van der Waals surface area (Å²) in [6.07, 6.45) is 5.95. The summed E-state index contributed by atoms with van der Waals surface area (Å²) in [4.78, 5) is 11.9. The van der Waals surface area contributed by atoms with E-state index in [9.17, 15) is 4.79 Å². The number of thioether (sulfide) groups is 1. The summed E-state index contributed by atoms with van der Waals surface area (Å²) >= 11 is 1.32. The average Bonchev–Trinajstić information content (AvgIpc) is 2.52. The van der Waals surface area contributed by atoms with Crippen molar-refractivity contribution in [2.75, 3.05) is 6.61 Å². The second kappa shape index (κ2) is 6.28. The third kappa shape index (κ3) is 3.29. The predicted octanol–water partition coefficient (Wildman–Crippen LogP) is 4.24. The zero-order chi connectivity index (χ0) is 13.8. The highest BCUT2D eigenvalue weighted by atomic mass is 32.2. The zero-order valence-electron chi connectivity index (χ0n) is 11.7. The van der Waals surface area contributed by atoms with Gasteiger partial charge in [-0.05, 0) is 27.2 Å². The van der Waals surface area contributed by atoms with Gasteiger partial charge < -0.3 is 4.74 Å². The smallest absolute Gasteiger partial charge is 0.219 e. The third-order valence-electron chi connectivity index (χ3n) is 2.97. The third-order valence-corrected chi connectivity index (χ3v) is 4.19. The van der Waals surface area contributed by atoms with E-state index in [-0.39, 0.29) is 9.86 Å². The van der Waals surface area contributed by atoms with Crippen molar-refractivity contribution in [3.63, 3.8) is 0 Å². The molecule has 0 saturated heterocycles. The Morgan fingerprint density at radius 2 is 2.22 bits per heavy atom. The van der Waals surface area contributed by atoms with Gasteiger partial charge in [-0.15, -0.1) is 0 Å². The molecular formula is C15H22O2S. The fourth-order valence-electron chi connectivity index (χ4n) is 1.94. The first-order chi connectivity index (χ1) is 8.44. The highest BCUT2D eigenvalue weighted by Crippen LogP contribution is 2.45. The van der Waals surface area contributed by atoms with E-state index in [0.717, 1.165) is 29.7 Å². The van der Waals surface area contributed by atoms with Crippen molar-refractivity contribution in [3.8, 4) is 0 Å². The largest absolute Gasteiger partial charge is 0.496 e. The molecule has 0 bridgehead atoms. The molecule has 0 aliphatic carbocycles. The molecule has 0 aromatic carbocycles. The van der Waals surface area contributed by atoms with E-state index in [1.807, 2.05) is 20.8 Å². The number of rotatable bonds is 6. The Hall–Kier alpha value is -0.960. The van der Waals surface area contributed by atoms with Gasteiger partial charge in [-0.1, -0.05) is 49.4 Å². The highest BCUT2D eigenvalue weighted by Gasteiger charge is 2.41. The van der Waals surface area contributed by atoms with E-state index in [2.05, 4.69) is 19.6 Å². The van der Waals surface area contributed by atoms with Crippen molar-refractivity contribution in [2.45, 2.75) is 45.3 Å². The lowest BCUT2D eigenvalue weighted by Gasteiger charge is -2.23. The highest BCUT2D eigenvalue weighted by molar-refractivity contribution is 8.16. The van der Waals surface area contributed by atoms with Gasteiger partial charge in [-0.25, -0.2) is 0 Å². The van der Waals surface area contributed by atoms with Crippen LogP contribution in [-0.4, -0.2) is 16.5 Å². The van der Waals surface area contributed by atoms with E-state index < -0.39 is 0 Å². The van der Waals surface area contributed by atoms with Crippen LogP contribution in [-0.2, 0) is 9.53 Å². The van der Waals surface area contributed by atoms with Gasteiger partial charge in [0.25, 0.3) is 0 Å². The Morgan fingerprint density at radius 1 is 1.56 bits per heavy atom. The molecule has 1 unspecified atom stereocenters. The van der Waals surface area contributed by atoms with Crippen molar-refractivity contribution >= 4 is 16.9 Å². The molecule has 100 valence electrons. The van der Waals surface area contributed by atoms with Crippen molar-refractivity contribution < 1.29 is 9.53 Å². The summed E-state index contributed by atoms with van der Waals surface area (Å²) < 4.78 is 5.46. The van der Waals surface area contributed by atoms with Crippen LogP contribution in [0.15, 0.2) is 35.6 Å². The van der Waals surface area contributed by atoms with Crippen LogP contribution in [0.5, 0.6) is 0 Å². The minimum Gasteiger partial charge on any atom is -0.496 e. The first kappa shape index (κ1) is 15.1. The number of hydrogen-bond donors (Lipinski definition) is 0. The SMILES string of the molecule is C=C/C(C)=C/C1(C)SC(=O)C(C)=C1OCCCC. The van der Waals surface area contributed by atoms with Gasteiger partial charge in [0.1, 0.15) is 5.76 Å². The number of allylic oxidation sites excluding steroid dienone is 2. The first-order valence-electron chi connectivity index (χ1n) is 6.34. The van der Waals surface area contributed by atoms with Crippen LogP contribution in [0, 0.1) is 0 Å². The Morgan fingerprint density at radius 3 is 2.78 bits per heavy atom. The number of unbranched alkanes of at least 4 members (excludes halogenated alkanes) is 1. The van der Waals surface area contributed by atoms with Gasteiger partial charge in [0.15, 0.2) is 0 Å². The maximum Gasteiger partial charge on any atom is 0.219 e. The Bertz CT molecular complexity index is 407. The van der Waals surface area contributed by atoms with Crippen LogP contribution in [0.1, 0.15) is 40.5 Å². The molecule has 2 nitrogen and oxygen atoms in total. The number of hydrogen-bond acceptors (Lipinski definition) is 3. The molecule has 0 N–H and O–H groups in total. The first-order valence-corrected chi connectivity index (χ1v) is 7.15. The van der Waals surface area contributed by atoms with E-state index >= 15 is 0 Å². The fourth-order valence-corrected chi connectivity index (χ4v) is 3.12. The van der Waals surface area contributed by atoms with E-state index in [4.69, 9.17) is 4.74 Å². The molecule has 0 radical (unpaired) electrons. The number of carbonyl (C=O) groups excluding carboxylic acids is 1. The van der Waals surface area contributed by atoms with Gasteiger partial charge in [-0.2, -0.15) is 0 Å². The van der Waals surface area contributed by atoms with Crippen LogP contribution < -0.4 is 0 Å². The van der Waals surface area contributed by atoms with E-state index in [0.29, 0.717) is 6.61 Å².